The first-order valence-electron chi connectivity index (χ1n) is 7.57. The van der Waals surface area contributed by atoms with E-state index >= 15 is 0 Å². The molecule has 0 spiro atoms. The summed E-state index contributed by atoms with van der Waals surface area (Å²) in [4.78, 5) is 6.72. The molecule has 0 saturated carbocycles. The molecule has 3 unspecified atom stereocenters. The summed E-state index contributed by atoms with van der Waals surface area (Å²) < 4.78 is 0. The predicted molar refractivity (Wildman–Crippen MR) is 80.0 cm³/mol. The van der Waals surface area contributed by atoms with Crippen molar-refractivity contribution in [1.29, 1.82) is 0 Å². The standard InChI is InChI=1S/C16H27N3/c1-4-13(2)16-12-19(14(3)5-10-18-16)11-15-6-8-17-9-7-15/h6-9,13-14,16,18H,4-5,10-12H2,1-3H3. The molecule has 2 rings (SSSR count). The van der Waals surface area contributed by atoms with E-state index < -0.39 is 0 Å². The van der Waals surface area contributed by atoms with Gasteiger partial charge in [-0.05, 0) is 43.5 Å². The van der Waals surface area contributed by atoms with Crippen molar-refractivity contribution in [1.82, 2.24) is 15.2 Å². The summed E-state index contributed by atoms with van der Waals surface area (Å²) in [7, 11) is 0. The van der Waals surface area contributed by atoms with Gasteiger partial charge in [0, 0.05) is 37.6 Å². The molecule has 0 amide bonds. The molecule has 3 heteroatoms. The summed E-state index contributed by atoms with van der Waals surface area (Å²) in [6.07, 6.45) is 6.26. The minimum Gasteiger partial charge on any atom is -0.312 e. The van der Waals surface area contributed by atoms with Gasteiger partial charge in [-0.1, -0.05) is 20.3 Å². The molecule has 1 fully saturated rings. The first kappa shape index (κ1) is 14.5. The highest BCUT2D eigenvalue weighted by atomic mass is 15.2. The summed E-state index contributed by atoms with van der Waals surface area (Å²) >= 11 is 0. The quantitative estimate of drug-likeness (QED) is 0.903. The zero-order chi connectivity index (χ0) is 13.7. The number of rotatable bonds is 4. The van der Waals surface area contributed by atoms with Gasteiger partial charge in [0.2, 0.25) is 0 Å². The SMILES string of the molecule is CCC(C)C1CN(Cc2ccncc2)C(C)CCN1. The van der Waals surface area contributed by atoms with E-state index in [4.69, 9.17) is 0 Å². The highest BCUT2D eigenvalue weighted by Crippen LogP contribution is 2.18. The fourth-order valence-corrected chi connectivity index (χ4v) is 2.77. The molecule has 106 valence electrons. The maximum absolute atomic E-state index is 4.10. The van der Waals surface area contributed by atoms with E-state index in [0.717, 1.165) is 25.6 Å². The molecular weight excluding hydrogens is 234 g/mol. The van der Waals surface area contributed by atoms with Crippen LogP contribution in [0.25, 0.3) is 0 Å². The molecule has 1 aliphatic rings. The molecule has 1 aromatic rings. The highest BCUT2D eigenvalue weighted by molar-refractivity contribution is 5.09. The van der Waals surface area contributed by atoms with Gasteiger partial charge in [-0.15, -0.1) is 0 Å². The molecule has 1 aliphatic heterocycles. The summed E-state index contributed by atoms with van der Waals surface area (Å²) in [6.45, 7) is 10.3. The van der Waals surface area contributed by atoms with Gasteiger partial charge in [0.15, 0.2) is 0 Å². The monoisotopic (exact) mass is 261 g/mol. The third-order valence-corrected chi connectivity index (χ3v) is 4.49. The Morgan fingerprint density at radius 2 is 2.16 bits per heavy atom. The van der Waals surface area contributed by atoms with Crippen LogP contribution in [0.5, 0.6) is 0 Å². The number of nitrogens with one attached hydrogen (secondary N) is 1. The van der Waals surface area contributed by atoms with Crippen LogP contribution in [-0.2, 0) is 6.54 Å². The molecule has 0 aliphatic carbocycles. The lowest BCUT2D eigenvalue weighted by atomic mass is 9.98. The minimum atomic E-state index is 0.622. The van der Waals surface area contributed by atoms with E-state index in [-0.39, 0.29) is 0 Å². The molecule has 1 saturated heterocycles. The summed E-state index contributed by atoms with van der Waals surface area (Å²) in [6, 6.07) is 5.53. The Hall–Kier alpha value is -0.930. The lowest BCUT2D eigenvalue weighted by Gasteiger charge is -2.31. The number of hydrogen-bond donors (Lipinski definition) is 1. The van der Waals surface area contributed by atoms with Crippen LogP contribution >= 0.6 is 0 Å². The Balaban J connectivity index is 2.03. The average Bonchev–Trinajstić information content (AvgIpc) is 2.62. The molecule has 1 aromatic heterocycles. The Kier molecular flexibility index (Phi) is 5.34. The van der Waals surface area contributed by atoms with Gasteiger partial charge >= 0.3 is 0 Å². The summed E-state index contributed by atoms with van der Waals surface area (Å²) in [5.41, 5.74) is 1.37. The smallest absolute Gasteiger partial charge is 0.0271 e. The molecule has 1 N–H and O–H groups in total. The fraction of sp³-hybridized carbons (Fsp3) is 0.688. The van der Waals surface area contributed by atoms with Gasteiger partial charge < -0.3 is 5.32 Å². The van der Waals surface area contributed by atoms with Crippen molar-refractivity contribution in [3.8, 4) is 0 Å². The first-order valence-corrected chi connectivity index (χ1v) is 7.57. The lowest BCUT2D eigenvalue weighted by molar-refractivity contribution is 0.180. The van der Waals surface area contributed by atoms with Crippen LogP contribution in [0.1, 0.15) is 39.2 Å². The van der Waals surface area contributed by atoms with Crippen molar-refractivity contribution in [2.24, 2.45) is 5.92 Å². The van der Waals surface area contributed by atoms with Crippen molar-refractivity contribution >= 4 is 0 Å². The van der Waals surface area contributed by atoms with Crippen molar-refractivity contribution in [2.45, 2.75) is 52.2 Å². The van der Waals surface area contributed by atoms with Crippen LogP contribution in [0.4, 0.5) is 0 Å². The van der Waals surface area contributed by atoms with E-state index in [1.807, 2.05) is 12.4 Å². The second-order valence-electron chi connectivity index (χ2n) is 5.87. The van der Waals surface area contributed by atoms with Crippen molar-refractivity contribution < 1.29 is 0 Å². The van der Waals surface area contributed by atoms with Gasteiger partial charge in [-0.25, -0.2) is 0 Å². The Labute approximate surface area is 117 Å². The van der Waals surface area contributed by atoms with E-state index in [2.05, 4.69) is 48.1 Å². The normalized spacial score (nSPS) is 26.9. The maximum atomic E-state index is 4.10. The van der Waals surface area contributed by atoms with Crippen LogP contribution < -0.4 is 5.32 Å². The van der Waals surface area contributed by atoms with E-state index in [1.165, 1.54) is 18.4 Å². The Morgan fingerprint density at radius 1 is 1.42 bits per heavy atom. The van der Waals surface area contributed by atoms with Crippen LogP contribution in [0.3, 0.4) is 0 Å². The largest absolute Gasteiger partial charge is 0.312 e. The molecular formula is C16H27N3. The molecule has 2 heterocycles. The highest BCUT2D eigenvalue weighted by Gasteiger charge is 2.25. The van der Waals surface area contributed by atoms with Crippen LogP contribution in [0, 0.1) is 5.92 Å². The van der Waals surface area contributed by atoms with Crippen molar-refractivity contribution in [2.75, 3.05) is 13.1 Å². The molecule has 19 heavy (non-hydrogen) atoms. The van der Waals surface area contributed by atoms with Gasteiger partial charge in [0.25, 0.3) is 0 Å². The second kappa shape index (κ2) is 7.01. The number of hydrogen-bond acceptors (Lipinski definition) is 3. The Bertz CT molecular complexity index is 366. The zero-order valence-corrected chi connectivity index (χ0v) is 12.5. The third-order valence-electron chi connectivity index (χ3n) is 4.49. The third kappa shape index (κ3) is 4.02. The predicted octanol–water partition coefficient (Wildman–Crippen LogP) is 2.68. The molecule has 0 aromatic carbocycles. The zero-order valence-electron chi connectivity index (χ0n) is 12.5. The van der Waals surface area contributed by atoms with Crippen LogP contribution in [0.2, 0.25) is 0 Å². The maximum Gasteiger partial charge on any atom is 0.0271 e. The van der Waals surface area contributed by atoms with Crippen molar-refractivity contribution in [3.63, 3.8) is 0 Å². The number of aromatic nitrogens is 1. The molecule has 3 atom stereocenters. The average molecular weight is 261 g/mol. The number of pyridine rings is 1. The van der Waals surface area contributed by atoms with E-state index in [1.54, 1.807) is 0 Å². The first-order chi connectivity index (χ1) is 9.20. The van der Waals surface area contributed by atoms with Crippen LogP contribution in [0.15, 0.2) is 24.5 Å². The van der Waals surface area contributed by atoms with Gasteiger partial charge in [0.05, 0.1) is 0 Å². The van der Waals surface area contributed by atoms with Crippen molar-refractivity contribution in [3.05, 3.63) is 30.1 Å². The number of nitrogens with zero attached hydrogens (tertiary/aromatic N) is 2. The van der Waals surface area contributed by atoms with Gasteiger partial charge in [0.1, 0.15) is 0 Å². The van der Waals surface area contributed by atoms with Gasteiger partial charge in [-0.2, -0.15) is 0 Å². The summed E-state index contributed by atoms with van der Waals surface area (Å²) in [5.74, 6) is 0.741. The topological polar surface area (TPSA) is 28.2 Å². The molecule has 0 radical (unpaired) electrons. The molecule has 0 bridgehead atoms. The van der Waals surface area contributed by atoms with E-state index in [9.17, 15) is 0 Å². The Morgan fingerprint density at radius 3 is 2.84 bits per heavy atom. The second-order valence-corrected chi connectivity index (χ2v) is 5.87. The minimum absolute atomic E-state index is 0.622. The molecule has 3 nitrogen and oxygen atoms in total. The fourth-order valence-electron chi connectivity index (χ4n) is 2.77. The summed E-state index contributed by atoms with van der Waals surface area (Å²) in [5, 5.41) is 3.72. The van der Waals surface area contributed by atoms with Crippen LogP contribution in [-0.4, -0.2) is 35.1 Å². The lowest BCUT2D eigenvalue weighted by Crippen LogP contribution is -2.43. The van der Waals surface area contributed by atoms with Gasteiger partial charge in [-0.3, -0.25) is 9.88 Å². The van der Waals surface area contributed by atoms with E-state index in [0.29, 0.717) is 12.1 Å².